The van der Waals surface area contributed by atoms with Gasteiger partial charge in [-0.05, 0) is 24.3 Å². The van der Waals surface area contributed by atoms with Gasteiger partial charge in [0.15, 0.2) is 0 Å². The second-order valence-corrected chi connectivity index (χ2v) is 4.06. The van der Waals surface area contributed by atoms with Crippen LogP contribution in [0.1, 0.15) is 17.7 Å². The molecule has 1 heterocycles. The van der Waals surface area contributed by atoms with E-state index in [4.69, 9.17) is 0 Å². The van der Waals surface area contributed by atoms with Crippen molar-refractivity contribution >= 4 is 17.2 Å². The minimum absolute atomic E-state index is 0.0969. The maximum Gasteiger partial charge on any atom is 0.247 e. The number of thiophene rings is 1. The lowest BCUT2D eigenvalue weighted by atomic mass is 9.98. The minimum Gasteiger partial charge on any atom is -0.347 e. The van der Waals surface area contributed by atoms with E-state index in [1.165, 1.54) is 4.88 Å². The van der Waals surface area contributed by atoms with Crippen molar-refractivity contribution < 1.29 is 4.79 Å². The number of carbonyl (C=O) groups excluding carboxylic acids is 1. The zero-order chi connectivity index (χ0) is 9.10. The van der Waals surface area contributed by atoms with Crippen LogP contribution in [0.2, 0.25) is 0 Å². The van der Waals surface area contributed by atoms with Gasteiger partial charge >= 0.3 is 0 Å². The Kier molecular flexibility index (Phi) is 2.45. The van der Waals surface area contributed by atoms with Gasteiger partial charge in [-0.25, -0.2) is 0 Å². The van der Waals surface area contributed by atoms with Gasteiger partial charge in [0.05, 0.1) is 6.54 Å². The van der Waals surface area contributed by atoms with E-state index in [0.717, 1.165) is 18.4 Å². The zero-order valence-electron chi connectivity index (χ0n) is 7.25. The number of nitrogens with one attached hydrogen (secondary N) is 1. The molecule has 1 aromatic heterocycles. The third kappa shape index (κ3) is 1.98. The highest BCUT2D eigenvalue weighted by molar-refractivity contribution is 7.09. The summed E-state index contributed by atoms with van der Waals surface area (Å²) < 4.78 is 0. The van der Waals surface area contributed by atoms with Crippen molar-refractivity contribution in [2.75, 3.05) is 0 Å². The summed E-state index contributed by atoms with van der Waals surface area (Å²) in [6, 6.07) is 4.02. The molecule has 2 rings (SSSR count). The second-order valence-electron chi connectivity index (χ2n) is 3.03. The summed E-state index contributed by atoms with van der Waals surface area (Å²) in [7, 11) is 0. The Balaban J connectivity index is 1.82. The van der Waals surface area contributed by atoms with Crippen LogP contribution >= 0.6 is 11.3 Å². The Labute approximate surface area is 81.3 Å². The Morgan fingerprint density at radius 2 is 2.46 bits per heavy atom. The first kappa shape index (κ1) is 8.51. The van der Waals surface area contributed by atoms with E-state index in [1.807, 2.05) is 23.6 Å². The van der Waals surface area contributed by atoms with E-state index >= 15 is 0 Å². The van der Waals surface area contributed by atoms with Gasteiger partial charge in [-0.15, -0.1) is 11.3 Å². The summed E-state index contributed by atoms with van der Waals surface area (Å²) in [4.78, 5) is 12.5. The van der Waals surface area contributed by atoms with Gasteiger partial charge in [0.2, 0.25) is 5.91 Å². The molecule has 0 spiro atoms. The van der Waals surface area contributed by atoms with Crippen LogP contribution in [0.25, 0.3) is 0 Å². The van der Waals surface area contributed by atoms with Gasteiger partial charge in [0, 0.05) is 10.5 Å². The molecular weight excluding hydrogens is 182 g/mol. The molecule has 0 saturated heterocycles. The molecule has 0 fully saturated rings. The van der Waals surface area contributed by atoms with Crippen LogP contribution in [0.4, 0.5) is 0 Å². The SMILES string of the molecule is O=C(NCc1cccs1)C1=CCC1. The molecule has 0 radical (unpaired) electrons. The average Bonchev–Trinajstić information content (AvgIpc) is 2.49. The molecule has 0 aromatic carbocycles. The molecule has 0 saturated carbocycles. The van der Waals surface area contributed by atoms with Crippen LogP contribution in [-0.2, 0) is 11.3 Å². The van der Waals surface area contributed by atoms with Crippen molar-refractivity contribution in [1.29, 1.82) is 0 Å². The van der Waals surface area contributed by atoms with Crippen molar-refractivity contribution in [2.24, 2.45) is 0 Å². The van der Waals surface area contributed by atoms with Crippen LogP contribution < -0.4 is 5.32 Å². The fourth-order valence-electron chi connectivity index (χ4n) is 1.19. The highest BCUT2D eigenvalue weighted by Gasteiger charge is 2.13. The molecule has 2 nitrogen and oxygen atoms in total. The van der Waals surface area contributed by atoms with E-state index in [0.29, 0.717) is 6.54 Å². The third-order valence-corrected chi connectivity index (χ3v) is 2.98. The quantitative estimate of drug-likeness (QED) is 0.782. The number of rotatable bonds is 3. The maximum atomic E-state index is 11.3. The van der Waals surface area contributed by atoms with Crippen LogP contribution in [0.15, 0.2) is 29.2 Å². The fraction of sp³-hybridized carbons (Fsp3) is 0.300. The molecule has 1 aromatic rings. The molecule has 0 atom stereocenters. The van der Waals surface area contributed by atoms with Gasteiger partial charge in [-0.3, -0.25) is 4.79 Å². The summed E-state index contributed by atoms with van der Waals surface area (Å²) in [6.07, 6.45) is 3.99. The number of amides is 1. The van der Waals surface area contributed by atoms with Gasteiger partial charge in [0.25, 0.3) is 0 Å². The average molecular weight is 193 g/mol. The fourth-order valence-corrected chi connectivity index (χ4v) is 1.83. The first-order valence-electron chi connectivity index (χ1n) is 4.36. The molecule has 1 aliphatic carbocycles. The molecule has 1 aliphatic rings. The van der Waals surface area contributed by atoms with Crippen LogP contribution in [0.3, 0.4) is 0 Å². The molecule has 3 heteroatoms. The lowest BCUT2D eigenvalue weighted by molar-refractivity contribution is -0.118. The zero-order valence-corrected chi connectivity index (χ0v) is 8.06. The lowest BCUT2D eigenvalue weighted by Gasteiger charge is -2.13. The van der Waals surface area contributed by atoms with Crippen LogP contribution in [0, 0.1) is 0 Å². The molecule has 13 heavy (non-hydrogen) atoms. The maximum absolute atomic E-state index is 11.3. The highest BCUT2D eigenvalue weighted by Crippen LogP contribution is 2.17. The monoisotopic (exact) mass is 193 g/mol. The molecule has 68 valence electrons. The number of carbonyl (C=O) groups is 1. The van der Waals surface area contributed by atoms with Crippen molar-refractivity contribution in [2.45, 2.75) is 19.4 Å². The topological polar surface area (TPSA) is 29.1 Å². The molecule has 1 N–H and O–H groups in total. The molecule has 1 amide bonds. The van der Waals surface area contributed by atoms with Crippen molar-refractivity contribution in [3.05, 3.63) is 34.0 Å². The largest absolute Gasteiger partial charge is 0.347 e. The molecule has 0 bridgehead atoms. The standard InChI is InChI=1S/C10H11NOS/c12-10(8-3-1-4-8)11-7-9-5-2-6-13-9/h2-3,5-6H,1,4,7H2,(H,11,12). The van der Waals surface area contributed by atoms with Crippen molar-refractivity contribution in [3.8, 4) is 0 Å². The molecule has 0 unspecified atom stereocenters. The third-order valence-electron chi connectivity index (χ3n) is 2.10. The highest BCUT2D eigenvalue weighted by atomic mass is 32.1. The van der Waals surface area contributed by atoms with E-state index in [2.05, 4.69) is 5.32 Å². The minimum atomic E-state index is 0.0969. The Morgan fingerprint density at radius 3 is 3.00 bits per heavy atom. The predicted molar refractivity (Wildman–Crippen MR) is 53.5 cm³/mol. The number of allylic oxidation sites excluding steroid dienone is 1. The van der Waals surface area contributed by atoms with E-state index in [-0.39, 0.29) is 5.91 Å². The van der Waals surface area contributed by atoms with Crippen molar-refractivity contribution in [1.82, 2.24) is 5.32 Å². The first-order valence-corrected chi connectivity index (χ1v) is 5.24. The Morgan fingerprint density at radius 1 is 1.62 bits per heavy atom. The lowest BCUT2D eigenvalue weighted by Crippen LogP contribution is -2.26. The number of hydrogen-bond donors (Lipinski definition) is 1. The Bertz CT molecular complexity index is 327. The van der Waals surface area contributed by atoms with Crippen LogP contribution in [0.5, 0.6) is 0 Å². The predicted octanol–water partition coefficient (Wildman–Crippen LogP) is 2.08. The van der Waals surface area contributed by atoms with Gasteiger partial charge < -0.3 is 5.32 Å². The summed E-state index contributed by atoms with van der Waals surface area (Å²) in [5, 5.41) is 4.91. The summed E-state index contributed by atoms with van der Waals surface area (Å²) >= 11 is 1.67. The Hall–Kier alpha value is -1.09. The van der Waals surface area contributed by atoms with Crippen molar-refractivity contribution in [3.63, 3.8) is 0 Å². The number of hydrogen-bond acceptors (Lipinski definition) is 2. The molecule has 0 aliphatic heterocycles. The molecular formula is C10H11NOS. The smallest absolute Gasteiger partial charge is 0.247 e. The van der Waals surface area contributed by atoms with E-state index < -0.39 is 0 Å². The van der Waals surface area contributed by atoms with Crippen LogP contribution in [-0.4, -0.2) is 5.91 Å². The second kappa shape index (κ2) is 3.75. The van der Waals surface area contributed by atoms with Gasteiger partial charge in [-0.2, -0.15) is 0 Å². The normalized spacial score (nSPS) is 14.6. The van der Waals surface area contributed by atoms with E-state index in [9.17, 15) is 4.79 Å². The summed E-state index contributed by atoms with van der Waals surface area (Å²) in [5.41, 5.74) is 0.941. The summed E-state index contributed by atoms with van der Waals surface area (Å²) in [5.74, 6) is 0.0969. The van der Waals surface area contributed by atoms with E-state index in [1.54, 1.807) is 11.3 Å². The van der Waals surface area contributed by atoms with Gasteiger partial charge in [-0.1, -0.05) is 12.1 Å². The first-order chi connectivity index (χ1) is 6.36. The van der Waals surface area contributed by atoms with Gasteiger partial charge in [0.1, 0.15) is 0 Å². The summed E-state index contributed by atoms with van der Waals surface area (Å²) in [6.45, 7) is 0.661.